The highest BCUT2D eigenvalue weighted by Gasteiger charge is 2.37. The summed E-state index contributed by atoms with van der Waals surface area (Å²) < 4.78 is 5.28. The maximum atomic E-state index is 12.8. The summed E-state index contributed by atoms with van der Waals surface area (Å²) in [4.78, 5) is 27.3. The van der Waals surface area contributed by atoms with Crippen LogP contribution in [0.4, 0.5) is 0 Å². The van der Waals surface area contributed by atoms with E-state index >= 15 is 0 Å². The van der Waals surface area contributed by atoms with Gasteiger partial charge in [-0.15, -0.1) is 0 Å². The Kier molecular flexibility index (Phi) is 4.97. The van der Waals surface area contributed by atoms with E-state index < -0.39 is 0 Å². The first-order chi connectivity index (χ1) is 12.9. The van der Waals surface area contributed by atoms with Gasteiger partial charge in [-0.1, -0.05) is 5.16 Å². The normalized spacial score (nSPS) is 28.0. The first kappa shape index (κ1) is 18.5. The third-order valence-electron chi connectivity index (χ3n) is 6.46. The fourth-order valence-corrected chi connectivity index (χ4v) is 4.26. The summed E-state index contributed by atoms with van der Waals surface area (Å²) in [6, 6.07) is 2.02. The van der Waals surface area contributed by atoms with Gasteiger partial charge >= 0.3 is 0 Å². The van der Waals surface area contributed by atoms with Gasteiger partial charge in [-0.05, 0) is 58.3 Å². The summed E-state index contributed by atoms with van der Waals surface area (Å²) in [7, 11) is 0. The van der Waals surface area contributed by atoms with Crippen LogP contribution in [0, 0.1) is 5.92 Å². The lowest BCUT2D eigenvalue weighted by molar-refractivity contribution is -0.138. The van der Waals surface area contributed by atoms with Crippen molar-refractivity contribution in [3.63, 3.8) is 0 Å². The standard InChI is InChI=1S/C20H30N4O3/c1-20(22-18(25)16-12-17(27-23-16)13-2-3-13)8-10-24(11-9-20)19(26)14-4-6-15(21)7-5-14/h12-15H,2-11,21H2,1H3,(H,22,25)/t14-,15-. The van der Waals surface area contributed by atoms with Crippen LogP contribution < -0.4 is 11.1 Å². The molecule has 3 fully saturated rings. The fourth-order valence-electron chi connectivity index (χ4n) is 4.26. The zero-order valence-electron chi connectivity index (χ0n) is 16.1. The minimum absolute atomic E-state index is 0.125. The molecule has 2 heterocycles. The van der Waals surface area contributed by atoms with E-state index in [1.165, 1.54) is 0 Å². The van der Waals surface area contributed by atoms with Crippen LogP contribution in [0.2, 0.25) is 0 Å². The summed E-state index contributed by atoms with van der Waals surface area (Å²) >= 11 is 0. The SMILES string of the molecule is CC1(NC(=O)c2cc(C3CC3)on2)CCN(C(=O)[C@H]2CC[C@H](N)CC2)CC1. The van der Waals surface area contributed by atoms with Gasteiger partial charge in [-0.25, -0.2) is 0 Å². The van der Waals surface area contributed by atoms with Crippen molar-refractivity contribution in [3.05, 3.63) is 17.5 Å². The highest BCUT2D eigenvalue weighted by Crippen LogP contribution is 2.40. The zero-order valence-corrected chi connectivity index (χ0v) is 16.1. The molecule has 148 valence electrons. The molecule has 7 nitrogen and oxygen atoms in total. The summed E-state index contributed by atoms with van der Waals surface area (Å²) in [6.07, 6.45) is 7.43. The summed E-state index contributed by atoms with van der Waals surface area (Å²) in [5.74, 6) is 1.46. The van der Waals surface area contributed by atoms with Crippen LogP contribution in [0.25, 0.3) is 0 Å². The maximum absolute atomic E-state index is 12.8. The Balaban J connectivity index is 1.29. The Morgan fingerprint density at radius 1 is 1.19 bits per heavy atom. The fraction of sp³-hybridized carbons (Fsp3) is 0.750. The molecule has 3 aliphatic rings. The average Bonchev–Trinajstić information content (AvgIpc) is 3.38. The van der Waals surface area contributed by atoms with Crippen molar-refractivity contribution in [3.8, 4) is 0 Å². The lowest BCUT2D eigenvalue weighted by Gasteiger charge is -2.41. The van der Waals surface area contributed by atoms with Crippen molar-refractivity contribution in [2.45, 2.75) is 75.8 Å². The summed E-state index contributed by atoms with van der Waals surface area (Å²) in [6.45, 7) is 3.42. The zero-order chi connectivity index (χ0) is 19.0. The number of aromatic nitrogens is 1. The molecule has 0 aromatic carbocycles. The highest BCUT2D eigenvalue weighted by molar-refractivity contribution is 5.92. The molecular formula is C20H30N4O3. The maximum Gasteiger partial charge on any atom is 0.273 e. The van der Waals surface area contributed by atoms with Crippen LogP contribution in [0.15, 0.2) is 10.6 Å². The van der Waals surface area contributed by atoms with E-state index in [0.717, 1.165) is 57.1 Å². The number of rotatable bonds is 4. The molecule has 1 saturated heterocycles. The van der Waals surface area contributed by atoms with Crippen LogP contribution in [-0.2, 0) is 4.79 Å². The van der Waals surface area contributed by atoms with Gasteiger partial charge in [0.25, 0.3) is 5.91 Å². The molecule has 2 aliphatic carbocycles. The van der Waals surface area contributed by atoms with E-state index in [1.807, 2.05) is 11.8 Å². The second-order valence-electron chi connectivity index (χ2n) is 8.84. The molecular weight excluding hydrogens is 344 g/mol. The van der Waals surface area contributed by atoms with Gasteiger partial charge in [-0.2, -0.15) is 0 Å². The Hall–Kier alpha value is -1.89. The van der Waals surface area contributed by atoms with Gasteiger partial charge in [-0.3, -0.25) is 9.59 Å². The number of nitrogens with two attached hydrogens (primary N) is 1. The minimum atomic E-state index is -0.318. The van der Waals surface area contributed by atoms with Crippen LogP contribution in [0.3, 0.4) is 0 Å². The second-order valence-corrected chi connectivity index (χ2v) is 8.84. The third kappa shape index (κ3) is 4.18. The first-order valence-electron chi connectivity index (χ1n) is 10.3. The van der Waals surface area contributed by atoms with E-state index in [0.29, 0.717) is 24.7 Å². The molecule has 3 N–H and O–H groups in total. The van der Waals surface area contributed by atoms with Gasteiger partial charge in [0.1, 0.15) is 5.76 Å². The van der Waals surface area contributed by atoms with E-state index in [2.05, 4.69) is 10.5 Å². The molecule has 0 unspecified atom stereocenters. The molecule has 2 amide bonds. The van der Waals surface area contributed by atoms with E-state index in [4.69, 9.17) is 10.3 Å². The lowest BCUT2D eigenvalue weighted by Crippen LogP contribution is -2.55. The largest absolute Gasteiger partial charge is 0.360 e. The van der Waals surface area contributed by atoms with Gasteiger partial charge in [0.2, 0.25) is 5.91 Å². The van der Waals surface area contributed by atoms with Crippen LogP contribution in [0.5, 0.6) is 0 Å². The topological polar surface area (TPSA) is 101 Å². The van der Waals surface area contributed by atoms with Gasteiger partial charge in [0.05, 0.1) is 0 Å². The van der Waals surface area contributed by atoms with E-state index in [-0.39, 0.29) is 29.3 Å². The van der Waals surface area contributed by atoms with Crippen molar-refractivity contribution in [2.75, 3.05) is 13.1 Å². The van der Waals surface area contributed by atoms with Gasteiger partial charge in [0.15, 0.2) is 5.69 Å². The molecule has 4 rings (SSSR count). The Bertz CT molecular complexity index is 696. The summed E-state index contributed by atoms with van der Waals surface area (Å²) in [5, 5.41) is 7.04. The molecule has 7 heteroatoms. The second kappa shape index (κ2) is 7.26. The van der Waals surface area contributed by atoms with Crippen molar-refractivity contribution < 1.29 is 14.1 Å². The molecule has 2 saturated carbocycles. The van der Waals surface area contributed by atoms with Gasteiger partial charge in [0, 0.05) is 42.6 Å². The quantitative estimate of drug-likeness (QED) is 0.841. The molecule has 1 aliphatic heterocycles. The molecule has 27 heavy (non-hydrogen) atoms. The molecule has 0 bridgehead atoms. The smallest absolute Gasteiger partial charge is 0.273 e. The van der Waals surface area contributed by atoms with E-state index in [9.17, 15) is 9.59 Å². The first-order valence-corrected chi connectivity index (χ1v) is 10.3. The predicted octanol–water partition coefficient (Wildman–Crippen LogP) is 2.18. The predicted molar refractivity (Wildman–Crippen MR) is 100 cm³/mol. The van der Waals surface area contributed by atoms with Crippen LogP contribution in [-0.4, -0.2) is 46.5 Å². The number of hydrogen-bond donors (Lipinski definition) is 2. The van der Waals surface area contributed by atoms with Gasteiger partial charge < -0.3 is 20.5 Å². The Morgan fingerprint density at radius 3 is 2.48 bits per heavy atom. The highest BCUT2D eigenvalue weighted by atomic mass is 16.5. The number of carbonyl (C=O) groups excluding carboxylic acids is 2. The summed E-state index contributed by atoms with van der Waals surface area (Å²) in [5.41, 5.74) is 5.99. The average molecular weight is 374 g/mol. The van der Waals surface area contributed by atoms with E-state index in [1.54, 1.807) is 6.07 Å². The number of nitrogens with zero attached hydrogens (tertiary/aromatic N) is 2. The Morgan fingerprint density at radius 2 is 1.85 bits per heavy atom. The molecule has 1 aromatic heterocycles. The van der Waals surface area contributed by atoms with Crippen molar-refractivity contribution in [1.29, 1.82) is 0 Å². The monoisotopic (exact) mass is 374 g/mol. The molecule has 0 atom stereocenters. The number of piperidine rings is 1. The van der Waals surface area contributed by atoms with Crippen molar-refractivity contribution >= 4 is 11.8 Å². The van der Waals surface area contributed by atoms with Crippen LogP contribution in [0.1, 0.15) is 80.5 Å². The van der Waals surface area contributed by atoms with Crippen molar-refractivity contribution in [1.82, 2.24) is 15.4 Å². The van der Waals surface area contributed by atoms with Crippen LogP contribution >= 0.6 is 0 Å². The number of likely N-dealkylation sites (tertiary alicyclic amines) is 1. The number of hydrogen-bond acceptors (Lipinski definition) is 5. The number of carbonyl (C=O) groups is 2. The van der Waals surface area contributed by atoms with Crippen molar-refractivity contribution in [2.24, 2.45) is 11.7 Å². The molecule has 0 spiro atoms. The minimum Gasteiger partial charge on any atom is -0.360 e. The molecule has 1 aromatic rings. The third-order valence-corrected chi connectivity index (χ3v) is 6.46. The molecule has 0 radical (unpaired) electrons. The Labute approximate surface area is 160 Å². The number of nitrogens with one attached hydrogen (secondary N) is 1. The lowest BCUT2D eigenvalue weighted by atomic mass is 9.84. The number of amides is 2.